The van der Waals surface area contributed by atoms with E-state index in [0.717, 1.165) is 17.3 Å². The third-order valence-electron chi connectivity index (χ3n) is 5.06. The lowest BCUT2D eigenvalue weighted by Crippen LogP contribution is -2.30. The van der Waals surface area contributed by atoms with Crippen molar-refractivity contribution in [1.29, 1.82) is 0 Å². The lowest BCUT2D eigenvalue weighted by atomic mass is 10.1. The molecule has 1 aliphatic heterocycles. The van der Waals surface area contributed by atoms with Crippen molar-refractivity contribution in [2.75, 3.05) is 13.7 Å². The summed E-state index contributed by atoms with van der Waals surface area (Å²) in [7, 11) is -2.65. The molecular weight excluding hydrogens is 474 g/mol. The maximum Gasteiger partial charge on any atom is 0.339 e. The van der Waals surface area contributed by atoms with Gasteiger partial charge in [-0.25, -0.2) is 0 Å². The van der Waals surface area contributed by atoms with Gasteiger partial charge >= 0.3 is 10.1 Å². The second-order valence-electron chi connectivity index (χ2n) is 7.33. The summed E-state index contributed by atoms with van der Waals surface area (Å²) in [5.41, 5.74) is 1.60. The minimum atomic E-state index is -4.04. The number of ether oxygens (including phenoxy) is 1. The predicted octanol–water partition coefficient (Wildman–Crippen LogP) is 4.74. The minimum absolute atomic E-state index is 0.0134. The average Bonchev–Trinajstić information content (AvgIpc) is 3.11. The summed E-state index contributed by atoms with van der Waals surface area (Å²) in [6.07, 6.45) is 2.15. The molecule has 3 aromatic rings. The number of benzene rings is 3. The number of hydrogen-bond acceptors (Lipinski definition) is 7. The Morgan fingerprint density at radius 2 is 1.59 bits per heavy atom. The molecule has 1 aliphatic rings. The van der Waals surface area contributed by atoms with Crippen LogP contribution in [0.15, 0.2) is 88.7 Å². The molecule has 0 radical (unpaired) electrons. The van der Waals surface area contributed by atoms with Gasteiger partial charge in [0.05, 0.1) is 12.0 Å². The molecule has 174 valence electrons. The van der Waals surface area contributed by atoms with Crippen molar-refractivity contribution >= 4 is 39.1 Å². The van der Waals surface area contributed by atoms with Crippen molar-refractivity contribution in [2.45, 2.75) is 11.3 Å². The molecule has 0 aliphatic carbocycles. The van der Waals surface area contributed by atoms with Crippen LogP contribution in [0.1, 0.15) is 11.1 Å². The van der Waals surface area contributed by atoms with Gasteiger partial charge in [0.25, 0.3) is 11.1 Å². The summed E-state index contributed by atoms with van der Waals surface area (Å²) in [6.45, 7) is 0.291. The molecule has 4 rings (SSSR count). The van der Waals surface area contributed by atoms with Gasteiger partial charge in [0.1, 0.15) is 4.90 Å². The molecule has 7 nitrogen and oxygen atoms in total. The SMILES string of the molecule is COc1cc(/C=C2\SC(=O)N(CCc3ccccc3)C2=O)ccc1OS(=O)(=O)c1ccccc1. The number of methoxy groups -OCH3 is 1. The highest BCUT2D eigenvalue weighted by atomic mass is 32.2. The summed E-state index contributed by atoms with van der Waals surface area (Å²) in [5, 5.41) is -0.326. The third kappa shape index (κ3) is 5.32. The fraction of sp³-hybridized carbons (Fsp3) is 0.120. The molecule has 0 saturated carbocycles. The van der Waals surface area contributed by atoms with E-state index in [0.29, 0.717) is 18.5 Å². The maximum absolute atomic E-state index is 12.8. The molecule has 0 N–H and O–H groups in total. The van der Waals surface area contributed by atoms with Crippen molar-refractivity contribution in [2.24, 2.45) is 0 Å². The van der Waals surface area contributed by atoms with Gasteiger partial charge in [-0.3, -0.25) is 14.5 Å². The molecule has 9 heteroatoms. The van der Waals surface area contributed by atoms with Crippen molar-refractivity contribution in [3.8, 4) is 11.5 Å². The molecule has 1 heterocycles. The number of nitrogens with zero attached hydrogens (tertiary/aromatic N) is 1. The van der Waals surface area contributed by atoms with Crippen molar-refractivity contribution in [1.82, 2.24) is 4.90 Å². The van der Waals surface area contributed by atoms with Crippen LogP contribution < -0.4 is 8.92 Å². The Morgan fingerprint density at radius 3 is 2.26 bits per heavy atom. The van der Waals surface area contributed by atoms with Gasteiger partial charge in [-0.2, -0.15) is 8.42 Å². The summed E-state index contributed by atoms with van der Waals surface area (Å²) < 4.78 is 35.6. The van der Waals surface area contributed by atoms with E-state index in [1.165, 1.54) is 30.2 Å². The van der Waals surface area contributed by atoms with Crippen molar-refractivity contribution in [3.63, 3.8) is 0 Å². The monoisotopic (exact) mass is 495 g/mol. The smallest absolute Gasteiger partial charge is 0.339 e. The number of amides is 2. The van der Waals surface area contributed by atoms with Crippen LogP contribution in [0.4, 0.5) is 4.79 Å². The fourth-order valence-corrected chi connectivity index (χ4v) is 5.15. The van der Waals surface area contributed by atoms with Crippen LogP contribution in [0.3, 0.4) is 0 Å². The van der Waals surface area contributed by atoms with Crippen LogP contribution in [0.5, 0.6) is 11.5 Å². The summed E-state index contributed by atoms with van der Waals surface area (Å²) in [4.78, 5) is 26.7. The first kappa shape index (κ1) is 23.6. The number of carbonyl (C=O) groups is 2. The molecule has 0 spiro atoms. The first-order valence-corrected chi connectivity index (χ1v) is 12.6. The zero-order valence-corrected chi connectivity index (χ0v) is 19.8. The topological polar surface area (TPSA) is 90.0 Å². The Bertz CT molecular complexity index is 1340. The summed E-state index contributed by atoms with van der Waals surface area (Å²) >= 11 is 0.867. The first-order valence-electron chi connectivity index (χ1n) is 10.3. The molecule has 3 aromatic carbocycles. The third-order valence-corrected chi connectivity index (χ3v) is 7.21. The summed E-state index contributed by atoms with van der Waals surface area (Å²) in [6, 6.07) is 22.0. The van der Waals surface area contributed by atoms with E-state index in [9.17, 15) is 18.0 Å². The van der Waals surface area contributed by atoms with Crippen LogP contribution in [0.2, 0.25) is 0 Å². The predicted molar refractivity (Wildman–Crippen MR) is 130 cm³/mol. The number of carbonyl (C=O) groups excluding carboxylic acids is 2. The average molecular weight is 496 g/mol. The van der Waals surface area contributed by atoms with E-state index < -0.39 is 10.1 Å². The molecule has 0 bridgehead atoms. The van der Waals surface area contributed by atoms with Gasteiger partial charge in [-0.15, -0.1) is 0 Å². The molecule has 1 saturated heterocycles. The van der Waals surface area contributed by atoms with Crippen LogP contribution in [0, 0.1) is 0 Å². The number of thioether (sulfide) groups is 1. The highest BCUT2D eigenvalue weighted by Crippen LogP contribution is 2.35. The van der Waals surface area contributed by atoms with E-state index in [4.69, 9.17) is 8.92 Å². The van der Waals surface area contributed by atoms with Gasteiger partial charge in [0, 0.05) is 6.54 Å². The largest absolute Gasteiger partial charge is 0.493 e. The second-order valence-corrected chi connectivity index (χ2v) is 9.87. The molecule has 0 aromatic heterocycles. The molecule has 2 amide bonds. The molecular formula is C25H21NO6S2. The maximum atomic E-state index is 12.8. The van der Waals surface area contributed by atoms with E-state index in [1.54, 1.807) is 36.4 Å². The first-order chi connectivity index (χ1) is 16.4. The number of imide groups is 1. The Balaban J connectivity index is 1.50. The number of hydrogen-bond donors (Lipinski definition) is 0. The molecule has 0 atom stereocenters. The van der Waals surface area contributed by atoms with Crippen molar-refractivity contribution in [3.05, 3.63) is 94.9 Å². The Kier molecular flexibility index (Phi) is 7.04. The molecule has 34 heavy (non-hydrogen) atoms. The van der Waals surface area contributed by atoms with Crippen LogP contribution >= 0.6 is 11.8 Å². The second kappa shape index (κ2) is 10.1. The lowest BCUT2D eigenvalue weighted by molar-refractivity contribution is -0.122. The van der Waals surface area contributed by atoms with E-state index in [2.05, 4.69) is 0 Å². The van der Waals surface area contributed by atoms with Crippen LogP contribution in [-0.4, -0.2) is 38.1 Å². The number of rotatable bonds is 8. The zero-order chi connectivity index (χ0) is 24.1. The summed E-state index contributed by atoms with van der Waals surface area (Å²) in [5.74, 6) is -0.173. The van der Waals surface area contributed by atoms with Gasteiger partial charge in [-0.1, -0.05) is 54.6 Å². The zero-order valence-electron chi connectivity index (χ0n) is 18.2. The Labute approximate surface area is 202 Å². The van der Waals surface area contributed by atoms with Crippen LogP contribution in [-0.2, 0) is 21.3 Å². The van der Waals surface area contributed by atoms with E-state index >= 15 is 0 Å². The highest BCUT2D eigenvalue weighted by Gasteiger charge is 2.34. The van der Waals surface area contributed by atoms with Gasteiger partial charge in [-0.05, 0) is 59.7 Å². The molecule has 0 unspecified atom stereocenters. The van der Waals surface area contributed by atoms with E-state index in [1.807, 2.05) is 30.3 Å². The van der Waals surface area contributed by atoms with Crippen LogP contribution in [0.25, 0.3) is 6.08 Å². The van der Waals surface area contributed by atoms with Gasteiger partial charge < -0.3 is 8.92 Å². The van der Waals surface area contributed by atoms with Gasteiger partial charge in [0.15, 0.2) is 11.5 Å². The normalized spacial score (nSPS) is 15.1. The van der Waals surface area contributed by atoms with Crippen molar-refractivity contribution < 1.29 is 26.9 Å². The highest BCUT2D eigenvalue weighted by molar-refractivity contribution is 8.18. The quantitative estimate of drug-likeness (QED) is 0.329. The van der Waals surface area contributed by atoms with Gasteiger partial charge in [0.2, 0.25) is 0 Å². The lowest BCUT2D eigenvalue weighted by Gasteiger charge is -2.12. The fourth-order valence-electron chi connectivity index (χ4n) is 3.33. The Hall–Kier alpha value is -3.56. The molecule has 1 fully saturated rings. The standard InChI is InChI=1S/C25H21NO6S2/c1-31-22-16-19(12-13-21(22)32-34(29,30)20-10-6-3-7-11-20)17-23-24(27)26(25(28)33-23)15-14-18-8-4-2-5-9-18/h2-13,16-17H,14-15H2,1H3/b23-17-. The Morgan fingerprint density at radius 1 is 0.912 bits per heavy atom. The van der Waals surface area contributed by atoms with E-state index in [-0.39, 0.29) is 32.4 Å². The minimum Gasteiger partial charge on any atom is -0.493 e.